The van der Waals surface area contributed by atoms with Crippen molar-refractivity contribution in [3.63, 3.8) is 0 Å². The minimum absolute atomic E-state index is 0.0725. The van der Waals surface area contributed by atoms with Crippen molar-refractivity contribution < 1.29 is 13.6 Å². The molecule has 1 aromatic carbocycles. The molecule has 2 rings (SSSR count). The fourth-order valence-corrected chi connectivity index (χ4v) is 1.72. The van der Waals surface area contributed by atoms with Gasteiger partial charge in [0.1, 0.15) is 17.3 Å². The highest BCUT2D eigenvalue weighted by Crippen LogP contribution is 2.13. The fraction of sp³-hybridized carbons (Fsp3) is 0.214. The molecule has 0 aliphatic carbocycles. The lowest BCUT2D eigenvalue weighted by atomic mass is 10.2. The van der Waals surface area contributed by atoms with E-state index in [1.54, 1.807) is 25.2 Å². The van der Waals surface area contributed by atoms with Crippen LogP contribution in [0.1, 0.15) is 21.9 Å². The highest BCUT2D eigenvalue weighted by atomic mass is 19.1. The van der Waals surface area contributed by atoms with Crippen molar-refractivity contribution in [3.8, 4) is 0 Å². The highest BCUT2D eigenvalue weighted by Gasteiger charge is 2.16. The van der Waals surface area contributed by atoms with Crippen molar-refractivity contribution >= 4 is 5.91 Å². The van der Waals surface area contributed by atoms with E-state index in [9.17, 15) is 9.18 Å². The van der Waals surface area contributed by atoms with Crippen LogP contribution in [0.5, 0.6) is 0 Å². The van der Waals surface area contributed by atoms with Crippen LogP contribution < -0.4 is 0 Å². The van der Waals surface area contributed by atoms with Crippen LogP contribution >= 0.6 is 0 Å². The molecule has 0 radical (unpaired) electrons. The van der Waals surface area contributed by atoms with Gasteiger partial charge in [0, 0.05) is 7.05 Å². The molecule has 0 bridgehead atoms. The summed E-state index contributed by atoms with van der Waals surface area (Å²) < 4.78 is 18.9. The third-order valence-corrected chi connectivity index (χ3v) is 2.64. The lowest BCUT2D eigenvalue weighted by Gasteiger charge is -2.16. The number of carbonyl (C=O) groups excluding carboxylic acids is 1. The summed E-state index contributed by atoms with van der Waals surface area (Å²) in [5.74, 6) is 0.601. The van der Waals surface area contributed by atoms with Gasteiger partial charge in [-0.25, -0.2) is 4.39 Å². The van der Waals surface area contributed by atoms with E-state index >= 15 is 0 Å². The standard InChI is InChI=1S/C14H14FNO2/c1-10-7-8-11(18-10)9-16(2)14(17)12-5-3-4-6-13(12)15/h3-8H,9H2,1-2H3. The number of benzene rings is 1. The number of carbonyl (C=O) groups is 1. The summed E-state index contributed by atoms with van der Waals surface area (Å²) in [6.07, 6.45) is 0. The van der Waals surface area contributed by atoms with E-state index in [1.807, 2.05) is 13.0 Å². The minimum atomic E-state index is -0.509. The van der Waals surface area contributed by atoms with E-state index in [0.29, 0.717) is 12.3 Å². The van der Waals surface area contributed by atoms with E-state index in [0.717, 1.165) is 5.76 Å². The largest absolute Gasteiger partial charge is 0.464 e. The van der Waals surface area contributed by atoms with Gasteiger partial charge in [-0.15, -0.1) is 0 Å². The Morgan fingerprint density at radius 1 is 1.28 bits per heavy atom. The molecule has 0 N–H and O–H groups in total. The third kappa shape index (κ3) is 2.59. The maximum Gasteiger partial charge on any atom is 0.256 e. The van der Waals surface area contributed by atoms with Crippen LogP contribution in [-0.4, -0.2) is 17.9 Å². The Morgan fingerprint density at radius 2 is 2.00 bits per heavy atom. The first kappa shape index (κ1) is 12.4. The lowest BCUT2D eigenvalue weighted by molar-refractivity contribution is 0.0770. The Balaban J connectivity index is 2.12. The number of nitrogens with zero attached hydrogens (tertiary/aromatic N) is 1. The quantitative estimate of drug-likeness (QED) is 0.835. The molecule has 0 atom stereocenters. The van der Waals surface area contributed by atoms with Crippen molar-refractivity contribution in [1.82, 2.24) is 4.90 Å². The predicted molar refractivity (Wildman–Crippen MR) is 65.6 cm³/mol. The predicted octanol–water partition coefficient (Wildman–Crippen LogP) is 3.00. The Hall–Kier alpha value is -2.10. The normalized spacial score (nSPS) is 10.4. The monoisotopic (exact) mass is 247 g/mol. The van der Waals surface area contributed by atoms with Crippen molar-refractivity contribution in [1.29, 1.82) is 0 Å². The molecule has 3 nitrogen and oxygen atoms in total. The molecule has 0 aliphatic rings. The number of halogens is 1. The molecule has 1 amide bonds. The molecule has 0 spiro atoms. The molecule has 1 aromatic heterocycles. The second kappa shape index (κ2) is 5.04. The van der Waals surface area contributed by atoms with Crippen LogP contribution in [0, 0.1) is 12.7 Å². The zero-order chi connectivity index (χ0) is 13.1. The topological polar surface area (TPSA) is 33.5 Å². The molecular formula is C14H14FNO2. The highest BCUT2D eigenvalue weighted by molar-refractivity contribution is 5.94. The van der Waals surface area contributed by atoms with E-state index in [1.165, 1.54) is 17.0 Å². The molecule has 0 fully saturated rings. The molecule has 1 heterocycles. The molecule has 0 aliphatic heterocycles. The van der Waals surface area contributed by atoms with Crippen LogP contribution in [0.2, 0.25) is 0 Å². The lowest BCUT2D eigenvalue weighted by Crippen LogP contribution is -2.26. The van der Waals surface area contributed by atoms with Gasteiger partial charge in [0.2, 0.25) is 0 Å². The minimum Gasteiger partial charge on any atom is -0.464 e. The van der Waals surface area contributed by atoms with Gasteiger partial charge in [0.05, 0.1) is 12.1 Å². The van der Waals surface area contributed by atoms with Crippen LogP contribution in [-0.2, 0) is 6.54 Å². The zero-order valence-corrected chi connectivity index (χ0v) is 10.3. The van der Waals surface area contributed by atoms with Gasteiger partial charge in [-0.2, -0.15) is 0 Å². The average Bonchev–Trinajstić information content (AvgIpc) is 2.74. The summed E-state index contributed by atoms with van der Waals surface area (Å²) in [5.41, 5.74) is 0.0725. The van der Waals surface area contributed by atoms with Crippen molar-refractivity contribution in [2.24, 2.45) is 0 Å². The first-order valence-corrected chi connectivity index (χ1v) is 5.63. The van der Waals surface area contributed by atoms with Gasteiger partial charge in [-0.3, -0.25) is 4.79 Å². The van der Waals surface area contributed by atoms with Gasteiger partial charge in [0.15, 0.2) is 0 Å². The van der Waals surface area contributed by atoms with Crippen LogP contribution in [0.4, 0.5) is 4.39 Å². The molecule has 94 valence electrons. The number of aryl methyl sites for hydroxylation is 1. The summed E-state index contributed by atoms with van der Waals surface area (Å²) in [4.78, 5) is 13.4. The summed E-state index contributed by atoms with van der Waals surface area (Å²) >= 11 is 0. The van der Waals surface area contributed by atoms with Crippen LogP contribution in [0.15, 0.2) is 40.8 Å². The van der Waals surface area contributed by atoms with Gasteiger partial charge in [0.25, 0.3) is 5.91 Å². The smallest absolute Gasteiger partial charge is 0.256 e. The van der Waals surface area contributed by atoms with Crippen molar-refractivity contribution in [3.05, 3.63) is 59.3 Å². The Bertz CT molecular complexity index is 562. The first-order valence-electron chi connectivity index (χ1n) is 5.63. The van der Waals surface area contributed by atoms with Gasteiger partial charge < -0.3 is 9.32 Å². The number of rotatable bonds is 3. The molecule has 0 saturated carbocycles. The molecule has 2 aromatic rings. The summed E-state index contributed by atoms with van der Waals surface area (Å²) in [7, 11) is 1.62. The van der Waals surface area contributed by atoms with E-state index in [2.05, 4.69) is 0 Å². The zero-order valence-electron chi connectivity index (χ0n) is 10.3. The maximum absolute atomic E-state index is 13.5. The summed E-state index contributed by atoms with van der Waals surface area (Å²) in [6.45, 7) is 2.16. The number of furan rings is 1. The Morgan fingerprint density at radius 3 is 2.61 bits per heavy atom. The SMILES string of the molecule is Cc1ccc(CN(C)C(=O)c2ccccc2F)o1. The Labute approximate surface area is 105 Å². The molecular weight excluding hydrogens is 233 g/mol. The number of amides is 1. The van der Waals surface area contributed by atoms with E-state index in [4.69, 9.17) is 4.42 Å². The molecule has 4 heteroatoms. The average molecular weight is 247 g/mol. The van der Waals surface area contributed by atoms with E-state index < -0.39 is 5.82 Å². The van der Waals surface area contributed by atoms with Crippen LogP contribution in [0.3, 0.4) is 0 Å². The number of hydrogen-bond acceptors (Lipinski definition) is 2. The first-order chi connectivity index (χ1) is 8.58. The molecule has 0 saturated heterocycles. The third-order valence-electron chi connectivity index (χ3n) is 2.64. The maximum atomic E-state index is 13.5. The van der Waals surface area contributed by atoms with Crippen molar-refractivity contribution in [2.75, 3.05) is 7.05 Å². The van der Waals surface area contributed by atoms with Gasteiger partial charge in [-0.05, 0) is 31.2 Å². The van der Waals surface area contributed by atoms with E-state index in [-0.39, 0.29) is 11.5 Å². The second-order valence-electron chi connectivity index (χ2n) is 4.15. The Kier molecular flexibility index (Phi) is 3.46. The molecule has 0 unspecified atom stereocenters. The molecule has 18 heavy (non-hydrogen) atoms. The number of hydrogen-bond donors (Lipinski definition) is 0. The van der Waals surface area contributed by atoms with Crippen molar-refractivity contribution in [2.45, 2.75) is 13.5 Å². The summed E-state index contributed by atoms with van der Waals surface area (Å²) in [5, 5.41) is 0. The van der Waals surface area contributed by atoms with Gasteiger partial charge in [-0.1, -0.05) is 12.1 Å². The van der Waals surface area contributed by atoms with Gasteiger partial charge >= 0.3 is 0 Å². The second-order valence-corrected chi connectivity index (χ2v) is 4.15. The fourth-order valence-electron chi connectivity index (χ4n) is 1.72. The van der Waals surface area contributed by atoms with Crippen LogP contribution in [0.25, 0.3) is 0 Å². The summed E-state index contributed by atoms with van der Waals surface area (Å²) in [6, 6.07) is 9.58.